The number of hydrogen-bond acceptors (Lipinski definition) is 4. The number of halogens is 1. The number of fused-ring (bicyclic) bond motifs is 2. The predicted molar refractivity (Wildman–Crippen MR) is 108 cm³/mol. The van der Waals surface area contributed by atoms with Crippen molar-refractivity contribution in [3.05, 3.63) is 80.7 Å². The SMILES string of the molecule is O=c1cc(CN2CCc3c(Br)cccc32)nc2nc(-c3ccccc3)[nH]n12. The highest BCUT2D eigenvalue weighted by Crippen LogP contribution is 2.34. The van der Waals surface area contributed by atoms with Crippen LogP contribution in [0.3, 0.4) is 0 Å². The largest absolute Gasteiger partial charge is 0.365 e. The molecule has 0 atom stereocenters. The fourth-order valence-electron chi connectivity index (χ4n) is 3.55. The van der Waals surface area contributed by atoms with Crippen LogP contribution in [-0.2, 0) is 13.0 Å². The van der Waals surface area contributed by atoms with Crippen LogP contribution < -0.4 is 10.5 Å². The number of aromatic nitrogens is 4. The zero-order valence-corrected chi connectivity index (χ0v) is 16.0. The molecule has 0 spiro atoms. The van der Waals surface area contributed by atoms with Crippen LogP contribution in [0.15, 0.2) is 63.9 Å². The van der Waals surface area contributed by atoms with Crippen molar-refractivity contribution in [3.8, 4) is 11.4 Å². The van der Waals surface area contributed by atoms with Gasteiger partial charge in [0.2, 0.25) is 0 Å². The average Bonchev–Trinajstić information content (AvgIpc) is 3.28. The first-order valence-corrected chi connectivity index (χ1v) is 9.55. The topological polar surface area (TPSA) is 66.3 Å². The number of nitrogens with zero attached hydrogens (tertiary/aromatic N) is 4. The van der Waals surface area contributed by atoms with Crippen molar-refractivity contribution < 1.29 is 0 Å². The van der Waals surface area contributed by atoms with Gasteiger partial charge in [-0.1, -0.05) is 52.3 Å². The molecule has 0 amide bonds. The first-order chi connectivity index (χ1) is 13.2. The van der Waals surface area contributed by atoms with Gasteiger partial charge in [0.15, 0.2) is 5.82 Å². The molecular weight excluding hydrogens is 406 g/mol. The Hall–Kier alpha value is -2.93. The molecule has 0 unspecified atom stereocenters. The van der Waals surface area contributed by atoms with Gasteiger partial charge in [-0.25, -0.2) is 4.98 Å². The quantitative estimate of drug-likeness (QED) is 0.550. The number of nitrogens with one attached hydrogen (secondary N) is 1. The second kappa shape index (κ2) is 6.35. The molecule has 0 saturated heterocycles. The second-order valence-corrected chi connectivity index (χ2v) is 7.42. The third-order valence-electron chi connectivity index (χ3n) is 4.85. The van der Waals surface area contributed by atoms with Crippen LogP contribution in [0.1, 0.15) is 11.3 Å². The number of H-pyrrole nitrogens is 1. The Bertz CT molecular complexity index is 1200. The van der Waals surface area contributed by atoms with Gasteiger partial charge in [-0.05, 0) is 24.1 Å². The second-order valence-electron chi connectivity index (χ2n) is 6.57. The van der Waals surface area contributed by atoms with Crippen LogP contribution in [0.4, 0.5) is 5.69 Å². The van der Waals surface area contributed by atoms with E-state index in [1.54, 1.807) is 6.07 Å². The van der Waals surface area contributed by atoms with Crippen LogP contribution in [0, 0.1) is 0 Å². The van der Waals surface area contributed by atoms with E-state index in [0.29, 0.717) is 18.1 Å². The van der Waals surface area contributed by atoms with Gasteiger partial charge in [-0.2, -0.15) is 9.50 Å². The monoisotopic (exact) mass is 421 g/mol. The molecule has 5 rings (SSSR count). The number of aromatic amines is 1. The molecule has 0 radical (unpaired) electrons. The van der Waals surface area contributed by atoms with Gasteiger partial charge in [0.25, 0.3) is 11.3 Å². The van der Waals surface area contributed by atoms with E-state index >= 15 is 0 Å². The van der Waals surface area contributed by atoms with E-state index in [4.69, 9.17) is 0 Å². The summed E-state index contributed by atoms with van der Waals surface area (Å²) in [5, 5.41) is 3.03. The molecule has 2 aromatic heterocycles. The lowest BCUT2D eigenvalue weighted by Crippen LogP contribution is -2.23. The van der Waals surface area contributed by atoms with E-state index in [1.807, 2.05) is 36.4 Å². The number of hydrogen-bond donors (Lipinski definition) is 1. The fraction of sp³-hybridized carbons (Fsp3) is 0.150. The van der Waals surface area contributed by atoms with Crippen LogP contribution in [0.5, 0.6) is 0 Å². The summed E-state index contributed by atoms with van der Waals surface area (Å²) < 4.78 is 2.52. The lowest BCUT2D eigenvalue weighted by Gasteiger charge is -2.18. The Morgan fingerprint density at radius 3 is 2.78 bits per heavy atom. The maximum absolute atomic E-state index is 12.5. The van der Waals surface area contributed by atoms with Crippen LogP contribution >= 0.6 is 15.9 Å². The normalized spacial score (nSPS) is 13.3. The minimum atomic E-state index is -0.154. The van der Waals surface area contributed by atoms with E-state index in [9.17, 15) is 4.79 Å². The maximum Gasteiger partial charge on any atom is 0.274 e. The molecule has 0 fully saturated rings. The predicted octanol–water partition coefficient (Wildman–Crippen LogP) is 3.41. The van der Waals surface area contributed by atoms with Crippen molar-refractivity contribution >= 4 is 27.4 Å². The first kappa shape index (κ1) is 16.3. The summed E-state index contributed by atoms with van der Waals surface area (Å²) in [6.07, 6.45) is 0.985. The third kappa shape index (κ3) is 2.84. The Kier molecular flexibility index (Phi) is 3.82. The third-order valence-corrected chi connectivity index (χ3v) is 5.59. The smallest absolute Gasteiger partial charge is 0.274 e. The summed E-state index contributed by atoms with van der Waals surface area (Å²) in [5.41, 5.74) is 3.99. The van der Waals surface area contributed by atoms with Crippen molar-refractivity contribution in [1.29, 1.82) is 0 Å². The Morgan fingerprint density at radius 2 is 1.93 bits per heavy atom. The standard InChI is InChI=1S/C20H16BrN5O/c21-16-7-4-8-17-15(16)9-10-25(17)12-14-11-18(27)26-20(22-14)23-19(24-26)13-5-2-1-3-6-13/h1-8,11H,9-10,12H2,(H,22,23,24). The molecule has 7 heteroatoms. The zero-order chi connectivity index (χ0) is 18.4. The summed E-state index contributed by atoms with van der Waals surface area (Å²) in [7, 11) is 0. The Morgan fingerprint density at radius 1 is 1.07 bits per heavy atom. The lowest BCUT2D eigenvalue weighted by molar-refractivity contribution is 0.798. The van der Waals surface area contributed by atoms with Crippen molar-refractivity contribution in [3.63, 3.8) is 0 Å². The summed E-state index contributed by atoms with van der Waals surface area (Å²) in [6.45, 7) is 1.50. The molecule has 2 aromatic carbocycles. The molecule has 0 aliphatic carbocycles. The van der Waals surface area contributed by atoms with Crippen molar-refractivity contribution in [2.45, 2.75) is 13.0 Å². The van der Waals surface area contributed by atoms with Gasteiger partial charge >= 0.3 is 0 Å². The molecule has 3 heterocycles. The van der Waals surface area contributed by atoms with Gasteiger partial charge in [-0.15, -0.1) is 0 Å². The molecule has 0 bridgehead atoms. The van der Waals surface area contributed by atoms with Gasteiger partial charge in [-0.3, -0.25) is 9.89 Å². The molecular formula is C20H16BrN5O. The van der Waals surface area contributed by atoms with Crippen LogP contribution in [0.2, 0.25) is 0 Å². The van der Waals surface area contributed by atoms with Gasteiger partial charge in [0.05, 0.1) is 12.2 Å². The van der Waals surface area contributed by atoms with Crippen LogP contribution in [-0.4, -0.2) is 26.1 Å². The molecule has 4 aromatic rings. The highest BCUT2D eigenvalue weighted by molar-refractivity contribution is 9.10. The first-order valence-electron chi connectivity index (χ1n) is 8.75. The van der Waals surface area contributed by atoms with E-state index < -0.39 is 0 Å². The molecule has 134 valence electrons. The molecule has 27 heavy (non-hydrogen) atoms. The molecule has 6 nitrogen and oxygen atoms in total. The summed E-state index contributed by atoms with van der Waals surface area (Å²) in [6, 6.07) is 17.5. The zero-order valence-electron chi connectivity index (χ0n) is 14.4. The van der Waals surface area contributed by atoms with Gasteiger partial charge in [0.1, 0.15) is 0 Å². The maximum atomic E-state index is 12.5. The van der Waals surface area contributed by atoms with Crippen molar-refractivity contribution in [2.24, 2.45) is 0 Å². The van der Waals surface area contributed by atoms with E-state index in [-0.39, 0.29) is 5.56 Å². The number of benzene rings is 2. The van der Waals surface area contributed by atoms with Crippen molar-refractivity contribution in [1.82, 2.24) is 19.6 Å². The Balaban J connectivity index is 1.51. The van der Waals surface area contributed by atoms with Crippen molar-refractivity contribution in [2.75, 3.05) is 11.4 Å². The van der Waals surface area contributed by atoms with Gasteiger partial charge < -0.3 is 4.90 Å². The Labute approximate surface area is 163 Å². The minimum absolute atomic E-state index is 0.154. The highest BCUT2D eigenvalue weighted by Gasteiger charge is 2.22. The average molecular weight is 422 g/mol. The summed E-state index contributed by atoms with van der Waals surface area (Å²) in [5.74, 6) is 1.03. The van der Waals surface area contributed by atoms with E-state index in [0.717, 1.165) is 28.7 Å². The lowest BCUT2D eigenvalue weighted by atomic mass is 10.2. The molecule has 1 aliphatic rings. The van der Waals surface area contributed by atoms with Gasteiger partial charge in [0, 0.05) is 28.3 Å². The summed E-state index contributed by atoms with van der Waals surface area (Å²) in [4.78, 5) is 23.9. The summed E-state index contributed by atoms with van der Waals surface area (Å²) >= 11 is 3.62. The molecule has 1 N–H and O–H groups in total. The number of rotatable bonds is 3. The molecule has 0 saturated carbocycles. The highest BCUT2D eigenvalue weighted by atomic mass is 79.9. The molecule has 1 aliphatic heterocycles. The van der Waals surface area contributed by atoms with E-state index in [1.165, 1.54) is 15.8 Å². The number of anilines is 1. The van der Waals surface area contributed by atoms with Crippen LogP contribution in [0.25, 0.3) is 17.2 Å². The fourth-order valence-corrected chi connectivity index (χ4v) is 4.11. The minimum Gasteiger partial charge on any atom is -0.365 e. The van der Waals surface area contributed by atoms with E-state index in [2.05, 4.69) is 48.0 Å².